The maximum atomic E-state index is 9.03. The van der Waals surface area contributed by atoms with Gasteiger partial charge in [-0.15, -0.1) is 0 Å². The van der Waals surface area contributed by atoms with Crippen molar-refractivity contribution in [1.29, 1.82) is 5.41 Å². The second-order valence-electron chi connectivity index (χ2n) is 4.47. The van der Waals surface area contributed by atoms with Crippen LogP contribution in [0.5, 0.6) is 0 Å². The molecule has 0 aromatic heterocycles. The first-order chi connectivity index (χ1) is 10.2. The Balaban J connectivity index is 2.25. The molecule has 0 bridgehead atoms. The zero-order valence-corrected chi connectivity index (χ0v) is 11.6. The number of aliphatic imine (C=N–C) groups is 1. The molecule has 0 saturated heterocycles. The molecule has 3 heteroatoms. The van der Waals surface area contributed by atoms with E-state index in [9.17, 15) is 0 Å². The summed E-state index contributed by atoms with van der Waals surface area (Å²) in [4.78, 5) is 3.64. The van der Waals surface area contributed by atoms with Gasteiger partial charge in [-0.3, -0.25) is 10.4 Å². The number of nitrogens with one attached hydrogen (secondary N) is 1. The Morgan fingerprint density at radius 1 is 1.00 bits per heavy atom. The lowest BCUT2D eigenvalue weighted by molar-refractivity contribution is 0.468. The summed E-state index contributed by atoms with van der Waals surface area (Å²) < 4.78 is 0. The normalized spacial score (nSPS) is 11.0. The molecule has 0 saturated carbocycles. The van der Waals surface area contributed by atoms with Crippen molar-refractivity contribution in [2.75, 3.05) is 0 Å². The highest BCUT2D eigenvalue weighted by Crippen LogP contribution is 2.21. The molecular formula is C18H16N2O. The van der Waals surface area contributed by atoms with Crippen LogP contribution >= 0.6 is 0 Å². The molecule has 0 atom stereocenters. The topological polar surface area (TPSA) is 56.4 Å². The first kappa shape index (κ1) is 14.5. The predicted octanol–water partition coefficient (Wildman–Crippen LogP) is 4.38. The largest absolute Gasteiger partial charge is 0.513 e. The zero-order chi connectivity index (χ0) is 15.2. The van der Waals surface area contributed by atoms with Gasteiger partial charge in [0.2, 0.25) is 0 Å². The lowest BCUT2D eigenvalue weighted by Gasteiger charge is -2.08. The Bertz CT molecular complexity index is 698. The van der Waals surface area contributed by atoms with Gasteiger partial charge in [-0.05, 0) is 17.8 Å². The smallest absolute Gasteiger partial charge is 0.105 e. The highest BCUT2D eigenvalue weighted by Gasteiger charge is 2.10. The van der Waals surface area contributed by atoms with Crippen molar-refractivity contribution in [3.8, 4) is 11.1 Å². The van der Waals surface area contributed by atoms with Gasteiger partial charge in [-0.1, -0.05) is 61.2 Å². The van der Waals surface area contributed by atoms with Crippen molar-refractivity contribution in [2.24, 2.45) is 4.99 Å². The predicted molar refractivity (Wildman–Crippen MR) is 88.1 cm³/mol. The van der Waals surface area contributed by atoms with Gasteiger partial charge in [0.15, 0.2) is 0 Å². The molecule has 2 N–H and O–H groups in total. The summed E-state index contributed by atoms with van der Waals surface area (Å²) in [5.74, 6) is 0. The highest BCUT2D eigenvalue weighted by molar-refractivity contribution is 6.13. The number of allylic oxidation sites excluding steroid dienone is 1. The zero-order valence-electron chi connectivity index (χ0n) is 11.6. The molecule has 104 valence electrons. The number of aliphatic hydroxyl groups excluding tert-OH is 1. The fourth-order valence-electron chi connectivity index (χ4n) is 1.98. The third-order valence-corrected chi connectivity index (χ3v) is 3.18. The third kappa shape index (κ3) is 3.15. The van der Waals surface area contributed by atoms with Gasteiger partial charge in [-0.2, -0.15) is 0 Å². The van der Waals surface area contributed by atoms with Gasteiger partial charge in [-0.25, -0.2) is 0 Å². The van der Waals surface area contributed by atoms with Crippen molar-refractivity contribution in [3.63, 3.8) is 0 Å². The summed E-state index contributed by atoms with van der Waals surface area (Å²) in [6.07, 6.45) is 0.808. The van der Waals surface area contributed by atoms with Gasteiger partial charge in [0, 0.05) is 11.1 Å². The van der Waals surface area contributed by atoms with E-state index in [0.29, 0.717) is 11.1 Å². The maximum Gasteiger partial charge on any atom is 0.105 e. The van der Waals surface area contributed by atoms with Crippen molar-refractivity contribution >= 4 is 12.4 Å². The van der Waals surface area contributed by atoms with Gasteiger partial charge in [0.1, 0.15) is 12.0 Å². The standard InChI is InChI=1S/C18H16N2O/c1-13(17(12-21)20-2)18(19)16-10-8-15(9-11-16)14-6-4-3-5-7-14/h3-12,19,21H,1-2H2/b17-12+,19-18?. The summed E-state index contributed by atoms with van der Waals surface area (Å²) >= 11 is 0. The average Bonchev–Trinajstić information content (AvgIpc) is 2.56. The number of hydrogen-bond acceptors (Lipinski definition) is 3. The Labute approximate surface area is 124 Å². The van der Waals surface area contributed by atoms with E-state index >= 15 is 0 Å². The Morgan fingerprint density at radius 3 is 2.10 bits per heavy atom. The van der Waals surface area contributed by atoms with E-state index < -0.39 is 0 Å². The van der Waals surface area contributed by atoms with E-state index in [1.165, 1.54) is 0 Å². The second kappa shape index (κ2) is 6.48. The summed E-state index contributed by atoms with van der Waals surface area (Å²) in [6, 6.07) is 17.6. The van der Waals surface area contributed by atoms with Gasteiger partial charge >= 0.3 is 0 Å². The molecule has 0 radical (unpaired) electrons. The molecule has 0 heterocycles. The molecule has 0 aliphatic heterocycles. The minimum atomic E-state index is 0.201. The molecule has 0 aliphatic rings. The van der Waals surface area contributed by atoms with Crippen LogP contribution in [0.15, 0.2) is 83.7 Å². The van der Waals surface area contributed by atoms with E-state index in [0.717, 1.165) is 17.4 Å². The summed E-state index contributed by atoms with van der Waals surface area (Å²) in [5, 5.41) is 17.1. The summed E-state index contributed by atoms with van der Waals surface area (Å²) in [7, 11) is 0. The van der Waals surface area contributed by atoms with Crippen molar-refractivity contribution in [2.45, 2.75) is 0 Å². The minimum absolute atomic E-state index is 0.201. The molecule has 3 nitrogen and oxygen atoms in total. The summed E-state index contributed by atoms with van der Waals surface area (Å²) in [5.41, 5.74) is 3.66. The van der Waals surface area contributed by atoms with E-state index in [4.69, 9.17) is 10.5 Å². The van der Waals surface area contributed by atoms with Crippen LogP contribution in [0.2, 0.25) is 0 Å². The molecule has 2 rings (SSSR count). The van der Waals surface area contributed by atoms with Crippen molar-refractivity contribution in [1.82, 2.24) is 0 Å². The number of nitrogens with zero attached hydrogens (tertiary/aromatic N) is 1. The SMILES string of the molecule is C=N/C(=C/O)C(=C)C(=N)c1ccc(-c2ccccc2)cc1. The lowest BCUT2D eigenvalue weighted by atomic mass is 9.98. The quantitative estimate of drug-likeness (QED) is 0.475. The van der Waals surface area contributed by atoms with E-state index in [1.54, 1.807) is 0 Å². The van der Waals surface area contributed by atoms with E-state index in [1.807, 2.05) is 54.6 Å². The van der Waals surface area contributed by atoms with Gasteiger partial charge in [0.05, 0.1) is 5.71 Å². The molecule has 0 fully saturated rings. The molecule has 2 aromatic carbocycles. The number of rotatable bonds is 5. The van der Waals surface area contributed by atoms with Crippen LogP contribution in [0, 0.1) is 5.41 Å². The average molecular weight is 276 g/mol. The van der Waals surface area contributed by atoms with E-state index in [-0.39, 0.29) is 11.4 Å². The molecule has 0 aliphatic carbocycles. The second-order valence-corrected chi connectivity index (χ2v) is 4.47. The molecule has 0 spiro atoms. The fraction of sp³-hybridized carbons (Fsp3) is 0. The third-order valence-electron chi connectivity index (χ3n) is 3.18. The molecule has 21 heavy (non-hydrogen) atoms. The Morgan fingerprint density at radius 2 is 1.57 bits per heavy atom. The molecular weight excluding hydrogens is 260 g/mol. The monoisotopic (exact) mass is 276 g/mol. The van der Waals surface area contributed by atoms with Crippen LogP contribution in [0.3, 0.4) is 0 Å². The maximum absolute atomic E-state index is 9.03. The first-order valence-electron chi connectivity index (χ1n) is 6.42. The number of hydrogen-bond donors (Lipinski definition) is 2. The summed E-state index contributed by atoms with van der Waals surface area (Å²) in [6.45, 7) is 7.11. The van der Waals surface area contributed by atoms with Crippen molar-refractivity contribution < 1.29 is 5.11 Å². The minimum Gasteiger partial charge on any atom is -0.513 e. The van der Waals surface area contributed by atoms with Crippen molar-refractivity contribution in [3.05, 3.63) is 84.3 Å². The lowest BCUT2D eigenvalue weighted by Crippen LogP contribution is -2.04. The number of benzene rings is 2. The number of aliphatic hydroxyl groups is 1. The van der Waals surface area contributed by atoms with Gasteiger partial charge in [0.25, 0.3) is 0 Å². The van der Waals surface area contributed by atoms with Crippen LogP contribution < -0.4 is 0 Å². The molecule has 2 aromatic rings. The fourth-order valence-corrected chi connectivity index (χ4v) is 1.98. The molecule has 0 unspecified atom stereocenters. The van der Waals surface area contributed by atoms with Crippen LogP contribution in [0.1, 0.15) is 5.56 Å². The highest BCUT2D eigenvalue weighted by atomic mass is 16.2. The van der Waals surface area contributed by atoms with Crippen LogP contribution in [-0.2, 0) is 0 Å². The van der Waals surface area contributed by atoms with Crippen LogP contribution in [-0.4, -0.2) is 17.5 Å². The van der Waals surface area contributed by atoms with Crippen LogP contribution in [0.4, 0.5) is 0 Å². The molecule has 0 amide bonds. The Kier molecular flexibility index (Phi) is 4.46. The first-order valence-corrected chi connectivity index (χ1v) is 6.42. The van der Waals surface area contributed by atoms with Gasteiger partial charge < -0.3 is 5.11 Å². The Hall–Kier alpha value is -2.94. The van der Waals surface area contributed by atoms with Crippen LogP contribution in [0.25, 0.3) is 11.1 Å². The van der Waals surface area contributed by atoms with E-state index in [2.05, 4.69) is 18.3 Å².